The number of fused-ring (bicyclic) bond motifs is 6. The number of nitrogens with zero attached hydrogens (tertiary/aromatic N) is 3. The molecule has 0 aliphatic heterocycles. The third kappa shape index (κ3) is 1.13. The quantitative estimate of drug-likeness (QED) is 0.436. The third-order valence-corrected chi connectivity index (χ3v) is 3.42. The van der Waals surface area contributed by atoms with E-state index in [4.69, 9.17) is 0 Å². The molecule has 0 aliphatic rings. The minimum atomic E-state index is 1.06. The van der Waals surface area contributed by atoms with E-state index in [-0.39, 0.29) is 0 Å². The first-order chi connectivity index (χ1) is 8.84. The van der Waals surface area contributed by atoms with Crippen LogP contribution in [0.2, 0.25) is 0 Å². The van der Waals surface area contributed by atoms with Gasteiger partial charge in [-0.05, 0) is 17.5 Å². The van der Waals surface area contributed by atoms with E-state index in [0.717, 1.165) is 5.52 Å². The van der Waals surface area contributed by atoms with Crippen LogP contribution in [0.4, 0.5) is 0 Å². The highest BCUT2D eigenvalue weighted by Crippen LogP contribution is 2.33. The van der Waals surface area contributed by atoms with Crippen molar-refractivity contribution in [1.82, 2.24) is 14.5 Å². The summed E-state index contributed by atoms with van der Waals surface area (Å²) >= 11 is 0. The minimum Gasteiger partial charge on any atom is -0.356 e. The largest absolute Gasteiger partial charge is 0.356 e. The predicted molar refractivity (Wildman–Crippen MR) is 73.5 cm³/mol. The highest BCUT2D eigenvalue weighted by atomic mass is 14.9. The van der Waals surface area contributed by atoms with E-state index in [1.54, 1.807) is 0 Å². The third-order valence-electron chi connectivity index (χ3n) is 3.42. The molecule has 0 saturated carbocycles. The van der Waals surface area contributed by atoms with Crippen molar-refractivity contribution in [2.24, 2.45) is 7.05 Å². The van der Waals surface area contributed by atoms with E-state index in [2.05, 4.69) is 39.1 Å². The standard InChI is InChI=1S/C15H11N3/c1-18-8-13-12-7-16-6-4-10(12)11-3-2-5-17-15(11)14(13)9-18/h2-9H,1H3. The Morgan fingerprint density at radius 2 is 1.78 bits per heavy atom. The maximum atomic E-state index is 4.54. The maximum Gasteiger partial charge on any atom is 0.0802 e. The van der Waals surface area contributed by atoms with Gasteiger partial charge < -0.3 is 4.57 Å². The SMILES string of the molecule is Cn1cc2c3cnccc3c3cccnc3c2c1. The van der Waals surface area contributed by atoms with Crippen LogP contribution in [0, 0.1) is 0 Å². The van der Waals surface area contributed by atoms with Crippen molar-refractivity contribution >= 4 is 32.4 Å². The molecular weight excluding hydrogens is 222 g/mol. The van der Waals surface area contributed by atoms with Crippen LogP contribution < -0.4 is 0 Å². The Bertz CT molecular complexity index is 817. The van der Waals surface area contributed by atoms with E-state index in [1.165, 1.54) is 26.9 Å². The Hall–Kier alpha value is -2.42. The van der Waals surface area contributed by atoms with Gasteiger partial charge in [0, 0.05) is 59.6 Å². The minimum absolute atomic E-state index is 1.06. The summed E-state index contributed by atoms with van der Waals surface area (Å²) in [5, 5.41) is 5.99. The van der Waals surface area contributed by atoms with Gasteiger partial charge >= 0.3 is 0 Å². The van der Waals surface area contributed by atoms with Gasteiger partial charge in [-0.2, -0.15) is 0 Å². The molecule has 0 fully saturated rings. The number of hydrogen-bond donors (Lipinski definition) is 0. The van der Waals surface area contributed by atoms with E-state index < -0.39 is 0 Å². The second-order valence-corrected chi connectivity index (χ2v) is 4.57. The molecule has 0 N–H and O–H groups in total. The number of rotatable bonds is 0. The molecule has 0 spiro atoms. The van der Waals surface area contributed by atoms with E-state index >= 15 is 0 Å². The molecule has 3 heterocycles. The number of pyridine rings is 2. The molecule has 4 rings (SSSR count). The summed E-state index contributed by atoms with van der Waals surface area (Å²) in [6, 6.07) is 6.17. The molecule has 3 nitrogen and oxygen atoms in total. The fraction of sp³-hybridized carbons (Fsp3) is 0.0667. The highest BCUT2D eigenvalue weighted by Gasteiger charge is 2.10. The predicted octanol–water partition coefficient (Wildman–Crippen LogP) is 3.27. The van der Waals surface area contributed by atoms with Crippen LogP contribution in [0.3, 0.4) is 0 Å². The second-order valence-electron chi connectivity index (χ2n) is 4.57. The fourth-order valence-electron chi connectivity index (χ4n) is 2.67. The summed E-state index contributed by atoms with van der Waals surface area (Å²) in [5.74, 6) is 0. The van der Waals surface area contributed by atoms with Crippen molar-refractivity contribution in [3.63, 3.8) is 0 Å². The van der Waals surface area contributed by atoms with Crippen LogP contribution in [-0.4, -0.2) is 14.5 Å². The number of benzene rings is 1. The van der Waals surface area contributed by atoms with E-state index in [9.17, 15) is 0 Å². The van der Waals surface area contributed by atoms with Gasteiger partial charge in [-0.25, -0.2) is 0 Å². The lowest BCUT2D eigenvalue weighted by Crippen LogP contribution is -1.83. The Balaban J connectivity index is 2.45. The van der Waals surface area contributed by atoms with Crippen LogP contribution in [0.5, 0.6) is 0 Å². The van der Waals surface area contributed by atoms with Crippen molar-refractivity contribution in [1.29, 1.82) is 0 Å². The Morgan fingerprint density at radius 1 is 0.889 bits per heavy atom. The van der Waals surface area contributed by atoms with Crippen LogP contribution >= 0.6 is 0 Å². The van der Waals surface area contributed by atoms with E-state index in [1.807, 2.05) is 31.7 Å². The molecule has 0 unspecified atom stereocenters. The molecule has 86 valence electrons. The first kappa shape index (κ1) is 9.59. The number of aromatic nitrogens is 3. The molecule has 0 bridgehead atoms. The zero-order chi connectivity index (χ0) is 12.1. The monoisotopic (exact) mass is 233 g/mol. The zero-order valence-corrected chi connectivity index (χ0v) is 9.96. The van der Waals surface area contributed by atoms with Crippen LogP contribution in [0.1, 0.15) is 0 Å². The lowest BCUT2D eigenvalue weighted by Gasteiger charge is -2.04. The zero-order valence-electron chi connectivity index (χ0n) is 9.96. The van der Waals surface area contributed by atoms with Crippen LogP contribution in [0.15, 0.2) is 49.2 Å². The number of aryl methyl sites for hydroxylation is 1. The van der Waals surface area contributed by atoms with Crippen molar-refractivity contribution in [3.05, 3.63) is 49.2 Å². The summed E-state index contributed by atoms with van der Waals surface area (Å²) in [6.07, 6.45) is 9.88. The summed E-state index contributed by atoms with van der Waals surface area (Å²) < 4.78 is 2.07. The smallest absolute Gasteiger partial charge is 0.0802 e. The fourth-order valence-corrected chi connectivity index (χ4v) is 2.67. The van der Waals surface area contributed by atoms with Gasteiger partial charge in [-0.3, -0.25) is 9.97 Å². The van der Waals surface area contributed by atoms with Crippen LogP contribution in [-0.2, 0) is 7.05 Å². The molecule has 3 aromatic heterocycles. The van der Waals surface area contributed by atoms with Gasteiger partial charge in [0.2, 0.25) is 0 Å². The normalized spacial score (nSPS) is 11.6. The average molecular weight is 233 g/mol. The first-order valence-corrected chi connectivity index (χ1v) is 5.91. The highest BCUT2D eigenvalue weighted by molar-refractivity contribution is 6.23. The molecule has 0 saturated heterocycles. The maximum absolute atomic E-state index is 4.54. The molecule has 0 radical (unpaired) electrons. The lowest BCUT2D eigenvalue weighted by atomic mass is 10.0. The van der Waals surface area contributed by atoms with Gasteiger partial charge in [-0.1, -0.05) is 6.07 Å². The van der Waals surface area contributed by atoms with Crippen molar-refractivity contribution < 1.29 is 0 Å². The van der Waals surface area contributed by atoms with Crippen molar-refractivity contribution in [2.75, 3.05) is 0 Å². The molecule has 0 atom stereocenters. The summed E-state index contributed by atoms with van der Waals surface area (Å²) in [5.41, 5.74) is 1.06. The molecular formula is C15H11N3. The Morgan fingerprint density at radius 3 is 2.72 bits per heavy atom. The van der Waals surface area contributed by atoms with Gasteiger partial charge in [0.05, 0.1) is 5.52 Å². The molecule has 0 amide bonds. The van der Waals surface area contributed by atoms with Gasteiger partial charge in [0.1, 0.15) is 0 Å². The Labute approximate surface area is 104 Å². The van der Waals surface area contributed by atoms with E-state index in [0.29, 0.717) is 0 Å². The molecule has 18 heavy (non-hydrogen) atoms. The first-order valence-electron chi connectivity index (χ1n) is 5.91. The average Bonchev–Trinajstić information content (AvgIpc) is 2.81. The van der Waals surface area contributed by atoms with Crippen LogP contribution in [0.25, 0.3) is 32.4 Å². The van der Waals surface area contributed by atoms with Gasteiger partial charge in [-0.15, -0.1) is 0 Å². The second kappa shape index (κ2) is 3.29. The molecule has 4 aromatic rings. The van der Waals surface area contributed by atoms with Gasteiger partial charge in [0.25, 0.3) is 0 Å². The summed E-state index contributed by atoms with van der Waals surface area (Å²) in [6.45, 7) is 0. The summed E-state index contributed by atoms with van der Waals surface area (Å²) in [4.78, 5) is 8.79. The molecule has 0 aliphatic carbocycles. The van der Waals surface area contributed by atoms with Crippen molar-refractivity contribution in [2.45, 2.75) is 0 Å². The summed E-state index contributed by atoms with van der Waals surface area (Å²) in [7, 11) is 2.04. The van der Waals surface area contributed by atoms with Crippen molar-refractivity contribution in [3.8, 4) is 0 Å². The lowest BCUT2D eigenvalue weighted by molar-refractivity contribution is 0.934. The molecule has 1 aromatic carbocycles. The topological polar surface area (TPSA) is 30.7 Å². The van der Waals surface area contributed by atoms with Gasteiger partial charge in [0.15, 0.2) is 0 Å². The Kier molecular flexibility index (Phi) is 1.75. The number of hydrogen-bond acceptors (Lipinski definition) is 2. The molecule has 3 heteroatoms.